The van der Waals surface area contributed by atoms with E-state index in [-0.39, 0.29) is 0 Å². The van der Waals surface area contributed by atoms with Crippen LogP contribution in [0.15, 0.2) is 18.2 Å². The molecule has 1 aromatic heterocycles. The van der Waals surface area contributed by atoms with Crippen molar-refractivity contribution in [1.82, 2.24) is 9.78 Å². The number of rotatable bonds is 4. The summed E-state index contributed by atoms with van der Waals surface area (Å²) >= 11 is 12.3. The Hall–Kier alpha value is -1.23. The van der Waals surface area contributed by atoms with Crippen molar-refractivity contribution in [3.63, 3.8) is 0 Å². The third-order valence-corrected chi connectivity index (χ3v) is 3.67. The van der Waals surface area contributed by atoms with Crippen molar-refractivity contribution in [2.45, 2.75) is 20.1 Å². The standard InChI is InChI=1S/C13H15Cl2N3O/c1-8-10(13(15)18(2)17-8)7-19-12-9(6-16)4-3-5-11(12)14/h3-5H,6-7,16H2,1-2H3. The minimum Gasteiger partial charge on any atom is -0.487 e. The lowest BCUT2D eigenvalue weighted by Crippen LogP contribution is -2.04. The molecule has 0 bridgehead atoms. The van der Waals surface area contributed by atoms with Gasteiger partial charge < -0.3 is 10.5 Å². The largest absolute Gasteiger partial charge is 0.487 e. The van der Waals surface area contributed by atoms with E-state index in [1.807, 2.05) is 19.1 Å². The molecule has 0 saturated carbocycles. The molecule has 6 heteroatoms. The van der Waals surface area contributed by atoms with Gasteiger partial charge in [0.2, 0.25) is 0 Å². The molecule has 0 atom stereocenters. The van der Waals surface area contributed by atoms with Gasteiger partial charge in [0.15, 0.2) is 0 Å². The second-order valence-electron chi connectivity index (χ2n) is 4.20. The van der Waals surface area contributed by atoms with Crippen molar-refractivity contribution >= 4 is 23.2 Å². The molecule has 1 heterocycles. The smallest absolute Gasteiger partial charge is 0.142 e. The molecular weight excluding hydrogens is 285 g/mol. The van der Waals surface area contributed by atoms with Crippen LogP contribution in [-0.4, -0.2) is 9.78 Å². The number of nitrogens with zero attached hydrogens (tertiary/aromatic N) is 2. The van der Waals surface area contributed by atoms with E-state index in [1.54, 1.807) is 17.8 Å². The lowest BCUT2D eigenvalue weighted by Gasteiger charge is -2.12. The van der Waals surface area contributed by atoms with Gasteiger partial charge in [-0.1, -0.05) is 35.3 Å². The molecule has 4 nitrogen and oxygen atoms in total. The second kappa shape index (κ2) is 5.82. The first kappa shape index (κ1) is 14.2. The van der Waals surface area contributed by atoms with Gasteiger partial charge in [0.1, 0.15) is 17.5 Å². The third-order valence-electron chi connectivity index (χ3n) is 2.90. The summed E-state index contributed by atoms with van der Waals surface area (Å²) in [6.07, 6.45) is 0. The molecule has 102 valence electrons. The molecule has 0 fully saturated rings. The molecule has 2 aromatic rings. The molecule has 1 aromatic carbocycles. The van der Waals surface area contributed by atoms with Crippen LogP contribution in [0.25, 0.3) is 0 Å². The van der Waals surface area contributed by atoms with Gasteiger partial charge in [-0.2, -0.15) is 5.10 Å². The van der Waals surface area contributed by atoms with Crippen molar-refractivity contribution in [2.75, 3.05) is 0 Å². The van der Waals surface area contributed by atoms with Crippen LogP contribution in [0.4, 0.5) is 0 Å². The molecule has 0 aliphatic heterocycles. The molecule has 0 amide bonds. The van der Waals surface area contributed by atoms with Crippen LogP contribution in [-0.2, 0) is 20.2 Å². The summed E-state index contributed by atoms with van der Waals surface area (Å²) in [6.45, 7) is 2.58. The summed E-state index contributed by atoms with van der Waals surface area (Å²) in [6, 6.07) is 5.51. The minimum atomic E-state index is 0.315. The summed E-state index contributed by atoms with van der Waals surface area (Å²) in [5.41, 5.74) is 8.23. The van der Waals surface area contributed by atoms with Crippen molar-refractivity contribution in [3.8, 4) is 5.75 Å². The Labute approximate surface area is 122 Å². The zero-order valence-electron chi connectivity index (χ0n) is 10.8. The first-order valence-corrected chi connectivity index (χ1v) is 6.58. The predicted molar refractivity (Wildman–Crippen MR) is 76.6 cm³/mol. The van der Waals surface area contributed by atoms with Crippen molar-refractivity contribution in [2.24, 2.45) is 12.8 Å². The number of benzene rings is 1. The average Bonchev–Trinajstić information content (AvgIpc) is 2.62. The molecule has 2 N–H and O–H groups in total. The van der Waals surface area contributed by atoms with Crippen LogP contribution in [0, 0.1) is 6.92 Å². The zero-order chi connectivity index (χ0) is 14.0. The first-order chi connectivity index (χ1) is 9.04. The maximum absolute atomic E-state index is 6.16. The van der Waals surface area contributed by atoms with E-state index >= 15 is 0 Å². The topological polar surface area (TPSA) is 53.1 Å². The number of hydrogen-bond acceptors (Lipinski definition) is 3. The number of nitrogens with two attached hydrogens (primary N) is 1. The Balaban J connectivity index is 2.24. The van der Waals surface area contributed by atoms with Gasteiger partial charge >= 0.3 is 0 Å². The van der Waals surface area contributed by atoms with E-state index in [4.69, 9.17) is 33.7 Å². The highest BCUT2D eigenvalue weighted by Crippen LogP contribution is 2.30. The summed E-state index contributed by atoms with van der Waals surface area (Å²) in [5, 5.41) is 5.35. The average molecular weight is 300 g/mol. The minimum absolute atomic E-state index is 0.315. The van der Waals surface area contributed by atoms with Crippen LogP contribution < -0.4 is 10.5 Å². The Bertz CT molecular complexity index is 596. The Kier molecular flexibility index (Phi) is 4.34. The van der Waals surface area contributed by atoms with E-state index in [1.165, 1.54) is 0 Å². The van der Waals surface area contributed by atoms with Crippen molar-refractivity contribution in [3.05, 3.63) is 45.2 Å². The number of aromatic nitrogens is 2. The summed E-state index contributed by atoms with van der Waals surface area (Å²) < 4.78 is 7.39. The highest BCUT2D eigenvalue weighted by atomic mass is 35.5. The van der Waals surface area contributed by atoms with Gasteiger partial charge in [0.05, 0.1) is 10.7 Å². The fourth-order valence-electron chi connectivity index (χ4n) is 1.86. The second-order valence-corrected chi connectivity index (χ2v) is 4.96. The Morgan fingerprint density at radius 2 is 2.11 bits per heavy atom. The van der Waals surface area contributed by atoms with Crippen molar-refractivity contribution < 1.29 is 4.74 Å². The third kappa shape index (κ3) is 2.86. The number of ether oxygens (including phenoxy) is 1. The molecule has 0 aliphatic rings. The number of aryl methyl sites for hydroxylation is 2. The highest BCUT2D eigenvalue weighted by molar-refractivity contribution is 6.32. The molecular formula is C13H15Cl2N3O. The molecule has 0 unspecified atom stereocenters. The van der Waals surface area contributed by atoms with E-state index in [9.17, 15) is 0 Å². The quantitative estimate of drug-likeness (QED) is 0.944. The van der Waals surface area contributed by atoms with E-state index in [0.717, 1.165) is 16.8 Å². The van der Waals surface area contributed by atoms with Gasteiger partial charge in [0, 0.05) is 24.7 Å². The SMILES string of the molecule is Cc1nn(C)c(Cl)c1COc1c(Cl)cccc1CN. The van der Waals surface area contributed by atoms with Crippen LogP contribution >= 0.6 is 23.2 Å². The fraction of sp³-hybridized carbons (Fsp3) is 0.308. The number of para-hydroxylation sites is 1. The molecule has 2 rings (SSSR count). The van der Waals surface area contributed by atoms with E-state index in [2.05, 4.69) is 5.10 Å². The van der Waals surface area contributed by atoms with Gasteiger partial charge in [-0.3, -0.25) is 4.68 Å². The molecule has 0 spiro atoms. The summed E-state index contributed by atoms with van der Waals surface area (Å²) in [7, 11) is 1.79. The molecule has 0 saturated heterocycles. The van der Waals surface area contributed by atoms with Gasteiger partial charge in [-0.05, 0) is 13.0 Å². The monoisotopic (exact) mass is 299 g/mol. The predicted octanol–water partition coefficient (Wildman–Crippen LogP) is 3.07. The normalized spacial score (nSPS) is 10.8. The lowest BCUT2D eigenvalue weighted by molar-refractivity contribution is 0.302. The van der Waals surface area contributed by atoms with Crippen molar-refractivity contribution in [1.29, 1.82) is 0 Å². The number of halogens is 2. The number of hydrogen-bond donors (Lipinski definition) is 1. The fourth-order valence-corrected chi connectivity index (χ4v) is 2.34. The molecule has 0 radical (unpaired) electrons. The Morgan fingerprint density at radius 1 is 1.37 bits per heavy atom. The molecule has 0 aliphatic carbocycles. The van der Waals surface area contributed by atoms with Crippen LogP contribution in [0.2, 0.25) is 10.2 Å². The maximum atomic E-state index is 6.16. The van der Waals surface area contributed by atoms with E-state index in [0.29, 0.717) is 29.1 Å². The lowest BCUT2D eigenvalue weighted by atomic mass is 10.2. The van der Waals surface area contributed by atoms with Gasteiger partial charge in [-0.15, -0.1) is 0 Å². The van der Waals surface area contributed by atoms with Gasteiger partial charge in [0.25, 0.3) is 0 Å². The zero-order valence-corrected chi connectivity index (χ0v) is 12.3. The van der Waals surface area contributed by atoms with Gasteiger partial charge in [-0.25, -0.2) is 0 Å². The maximum Gasteiger partial charge on any atom is 0.142 e. The summed E-state index contributed by atoms with van der Waals surface area (Å²) in [4.78, 5) is 0. The molecule has 19 heavy (non-hydrogen) atoms. The van der Waals surface area contributed by atoms with Crippen LogP contribution in [0.3, 0.4) is 0 Å². The van der Waals surface area contributed by atoms with E-state index < -0.39 is 0 Å². The summed E-state index contributed by atoms with van der Waals surface area (Å²) in [5.74, 6) is 0.603. The Morgan fingerprint density at radius 3 is 2.68 bits per heavy atom. The highest BCUT2D eigenvalue weighted by Gasteiger charge is 2.14. The first-order valence-electron chi connectivity index (χ1n) is 5.82. The van der Waals surface area contributed by atoms with Crippen LogP contribution in [0.5, 0.6) is 5.75 Å². The van der Waals surface area contributed by atoms with Crippen LogP contribution in [0.1, 0.15) is 16.8 Å².